The summed E-state index contributed by atoms with van der Waals surface area (Å²) in [5.74, 6) is -0.480. The number of benzene rings is 1. The summed E-state index contributed by atoms with van der Waals surface area (Å²) in [5.41, 5.74) is 0.214. The van der Waals surface area contributed by atoms with Crippen molar-refractivity contribution in [2.24, 2.45) is 0 Å². The van der Waals surface area contributed by atoms with E-state index in [1.807, 2.05) is 0 Å². The van der Waals surface area contributed by atoms with E-state index in [4.69, 9.17) is 11.6 Å². The Hall–Kier alpha value is -3.01. The minimum absolute atomic E-state index is 0.0512. The van der Waals surface area contributed by atoms with E-state index in [9.17, 15) is 27.9 Å². The van der Waals surface area contributed by atoms with Gasteiger partial charge in [0.05, 0.1) is 30.4 Å². The number of ether oxygens (including phenoxy) is 1. The van der Waals surface area contributed by atoms with Gasteiger partial charge in [0.2, 0.25) is 5.91 Å². The van der Waals surface area contributed by atoms with Gasteiger partial charge in [0.25, 0.3) is 0 Å². The fourth-order valence-electron chi connectivity index (χ4n) is 3.38. The summed E-state index contributed by atoms with van der Waals surface area (Å²) in [7, 11) is 0. The van der Waals surface area contributed by atoms with Crippen molar-refractivity contribution in [3.05, 3.63) is 58.9 Å². The van der Waals surface area contributed by atoms with Gasteiger partial charge in [0.15, 0.2) is 6.61 Å². The average molecular weight is 502 g/mol. The average Bonchev–Trinajstić information content (AvgIpc) is 2.71. The molecule has 7 nitrogen and oxygen atoms in total. The van der Waals surface area contributed by atoms with Gasteiger partial charge in [0.1, 0.15) is 5.75 Å². The highest BCUT2D eigenvalue weighted by molar-refractivity contribution is 6.30. The van der Waals surface area contributed by atoms with Crippen LogP contribution in [-0.4, -0.2) is 45.3 Å². The Morgan fingerprint density at radius 2 is 1.76 bits per heavy atom. The Morgan fingerprint density at radius 1 is 1.15 bits per heavy atom. The van der Waals surface area contributed by atoms with Crippen molar-refractivity contribution in [1.29, 1.82) is 0 Å². The number of rotatable bonds is 8. The molecule has 2 aromatic rings. The molecule has 11 heteroatoms. The Labute approximate surface area is 200 Å². The van der Waals surface area contributed by atoms with Crippen LogP contribution < -0.4 is 10.1 Å². The maximum Gasteiger partial charge on any atom is 0.422 e. The lowest BCUT2D eigenvalue weighted by molar-refractivity contribution is -0.153. The molecule has 0 aliphatic carbocycles. The van der Waals surface area contributed by atoms with E-state index < -0.39 is 42.4 Å². The van der Waals surface area contributed by atoms with Gasteiger partial charge in [-0.3, -0.25) is 14.7 Å². The van der Waals surface area contributed by atoms with E-state index >= 15 is 0 Å². The number of pyridine rings is 1. The molecule has 1 aromatic heterocycles. The van der Waals surface area contributed by atoms with Crippen molar-refractivity contribution in [2.45, 2.75) is 57.9 Å². The smallest absolute Gasteiger partial charge is 0.422 e. The van der Waals surface area contributed by atoms with Crippen LogP contribution in [-0.2, 0) is 4.79 Å². The Kier molecular flexibility index (Phi) is 8.77. The standard InChI is InChI=1S/C23H27ClF3N3O4/c1-14(18-10-9-17(12-28-18)34-13-23(25,26)27)29-20(31)11-19(15-5-7-16(24)8-6-15)30(21(32)33)22(2,3)4/h5-10,12,14,19H,11,13H2,1-4H3,(H,29,31)(H,32,33)/t14-,19-/m1/s1. The molecule has 0 unspecified atom stereocenters. The first-order chi connectivity index (χ1) is 15.7. The summed E-state index contributed by atoms with van der Waals surface area (Å²) >= 11 is 5.96. The third-order valence-corrected chi connectivity index (χ3v) is 5.11. The molecule has 186 valence electrons. The number of carboxylic acid groups (broad SMARTS) is 1. The van der Waals surface area contributed by atoms with Crippen molar-refractivity contribution in [3.8, 4) is 5.75 Å². The zero-order valence-electron chi connectivity index (χ0n) is 19.2. The molecule has 2 atom stereocenters. The largest absolute Gasteiger partial charge is 0.483 e. The second-order valence-corrected chi connectivity index (χ2v) is 9.14. The number of nitrogens with zero attached hydrogens (tertiary/aromatic N) is 2. The summed E-state index contributed by atoms with van der Waals surface area (Å²) in [5, 5.41) is 13.1. The maximum absolute atomic E-state index is 12.9. The first-order valence-electron chi connectivity index (χ1n) is 10.4. The predicted octanol–water partition coefficient (Wildman–Crippen LogP) is 5.76. The summed E-state index contributed by atoms with van der Waals surface area (Å²) in [6.45, 7) is 5.43. The van der Waals surface area contributed by atoms with Crippen molar-refractivity contribution >= 4 is 23.6 Å². The topological polar surface area (TPSA) is 91.8 Å². The van der Waals surface area contributed by atoms with E-state index in [0.717, 1.165) is 6.20 Å². The van der Waals surface area contributed by atoms with Crippen molar-refractivity contribution in [3.63, 3.8) is 0 Å². The SMILES string of the molecule is C[C@@H](NC(=O)C[C@H](c1ccc(Cl)cc1)N(C(=O)O)C(C)(C)C)c1ccc(OCC(F)(F)F)cn1. The molecule has 1 aromatic carbocycles. The van der Waals surface area contributed by atoms with Crippen molar-refractivity contribution < 1.29 is 32.6 Å². The van der Waals surface area contributed by atoms with Crippen LogP contribution in [0.5, 0.6) is 5.75 Å². The molecule has 0 aliphatic heterocycles. The molecule has 0 spiro atoms. The number of alkyl halides is 3. The van der Waals surface area contributed by atoms with Crippen LogP contribution in [0.25, 0.3) is 0 Å². The lowest BCUT2D eigenvalue weighted by Gasteiger charge is -2.39. The fraction of sp³-hybridized carbons (Fsp3) is 0.435. The number of halogens is 4. The lowest BCUT2D eigenvalue weighted by atomic mass is 9.95. The van der Waals surface area contributed by atoms with E-state index in [2.05, 4.69) is 15.0 Å². The van der Waals surface area contributed by atoms with Crippen LogP contribution in [0.1, 0.15) is 57.5 Å². The quantitative estimate of drug-likeness (QED) is 0.479. The summed E-state index contributed by atoms with van der Waals surface area (Å²) in [4.78, 5) is 30.2. The molecular weight excluding hydrogens is 475 g/mol. The Balaban J connectivity index is 2.15. The molecule has 0 saturated heterocycles. The number of amides is 2. The molecule has 0 radical (unpaired) electrons. The molecule has 0 aliphatic rings. The van der Waals surface area contributed by atoms with Crippen LogP contribution in [0.2, 0.25) is 5.02 Å². The van der Waals surface area contributed by atoms with Crippen LogP contribution in [0, 0.1) is 0 Å². The first-order valence-corrected chi connectivity index (χ1v) is 10.8. The molecule has 1 heterocycles. The molecule has 2 rings (SSSR count). The van der Waals surface area contributed by atoms with Gasteiger partial charge in [-0.05, 0) is 57.5 Å². The number of hydrogen-bond acceptors (Lipinski definition) is 4. The van der Waals surface area contributed by atoms with E-state index in [1.54, 1.807) is 52.0 Å². The minimum Gasteiger partial charge on any atom is -0.483 e. The maximum atomic E-state index is 12.9. The third kappa shape index (κ3) is 8.09. The molecule has 0 bridgehead atoms. The summed E-state index contributed by atoms with van der Waals surface area (Å²) < 4.78 is 41.5. The summed E-state index contributed by atoms with van der Waals surface area (Å²) in [6, 6.07) is 8.01. The van der Waals surface area contributed by atoms with Crippen molar-refractivity contribution in [1.82, 2.24) is 15.2 Å². The molecule has 2 N–H and O–H groups in total. The third-order valence-electron chi connectivity index (χ3n) is 4.86. The Morgan fingerprint density at radius 3 is 2.24 bits per heavy atom. The van der Waals surface area contributed by atoms with Gasteiger partial charge in [0, 0.05) is 10.6 Å². The number of hydrogen-bond donors (Lipinski definition) is 2. The normalized spacial score (nSPS) is 13.6. The minimum atomic E-state index is -4.46. The highest BCUT2D eigenvalue weighted by atomic mass is 35.5. The van der Waals surface area contributed by atoms with Crippen LogP contribution >= 0.6 is 11.6 Å². The Bertz CT molecular complexity index is 977. The number of aromatic nitrogens is 1. The highest BCUT2D eigenvalue weighted by Crippen LogP contribution is 2.32. The number of carbonyl (C=O) groups excluding carboxylic acids is 1. The van der Waals surface area contributed by atoms with Gasteiger partial charge in [-0.1, -0.05) is 23.7 Å². The monoisotopic (exact) mass is 501 g/mol. The lowest BCUT2D eigenvalue weighted by Crippen LogP contribution is -2.48. The van der Waals surface area contributed by atoms with Gasteiger partial charge >= 0.3 is 12.3 Å². The predicted molar refractivity (Wildman–Crippen MR) is 121 cm³/mol. The van der Waals surface area contributed by atoms with Crippen LogP contribution in [0.3, 0.4) is 0 Å². The summed E-state index contributed by atoms with van der Waals surface area (Å²) in [6.07, 6.45) is -4.66. The molecule has 34 heavy (non-hydrogen) atoms. The molecule has 0 saturated carbocycles. The van der Waals surface area contributed by atoms with E-state index in [0.29, 0.717) is 16.3 Å². The van der Waals surface area contributed by atoms with Gasteiger partial charge in [-0.2, -0.15) is 13.2 Å². The number of nitrogens with one attached hydrogen (secondary N) is 1. The first kappa shape index (κ1) is 27.2. The second-order valence-electron chi connectivity index (χ2n) is 8.71. The molecular formula is C23H27ClF3N3O4. The zero-order chi connectivity index (χ0) is 25.7. The molecule has 2 amide bonds. The van der Waals surface area contributed by atoms with Crippen LogP contribution in [0.4, 0.5) is 18.0 Å². The second kappa shape index (κ2) is 10.9. The van der Waals surface area contributed by atoms with Gasteiger partial charge in [-0.15, -0.1) is 0 Å². The van der Waals surface area contributed by atoms with Crippen LogP contribution in [0.15, 0.2) is 42.6 Å². The number of carbonyl (C=O) groups is 2. The molecule has 0 fully saturated rings. The highest BCUT2D eigenvalue weighted by Gasteiger charge is 2.35. The van der Waals surface area contributed by atoms with Gasteiger partial charge < -0.3 is 15.2 Å². The zero-order valence-corrected chi connectivity index (χ0v) is 19.9. The van der Waals surface area contributed by atoms with Crippen molar-refractivity contribution in [2.75, 3.05) is 6.61 Å². The van der Waals surface area contributed by atoms with Gasteiger partial charge in [-0.25, -0.2) is 4.79 Å². The van der Waals surface area contributed by atoms with E-state index in [-0.39, 0.29) is 12.2 Å². The fourth-order valence-corrected chi connectivity index (χ4v) is 3.51. The van der Waals surface area contributed by atoms with E-state index in [1.165, 1.54) is 17.0 Å².